The molecule has 0 spiro atoms. The number of hydrogen-bond donors (Lipinski definition) is 1. The van der Waals surface area contributed by atoms with Crippen LogP contribution in [0.5, 0.6) is 11.5 Å². The third kappa shape index (κ3) is 3.52. The van der Waals surface area contributed by atoms with E-state index in [1.807, 2.05) is 36.7 Å². The van der Waals surface area contributed by atoms with E-state index in [9.17, 15) is 9.90 Å². The number of benzene rings is 2. The molecule has 5 nitrogen and oxygen atoms in total. The highest BCUT2D eigenvalue weighted by Crippen LogP contribution is 2.26. The Bertz CT molecular complexity index is 1030. The highest BCUT2D eigenvalue weighted by atomic mass is 16.5. The Morgan fingerprint density at radius 1 is 1.19 bits per heavy atom. The fraction of sp³-hybridized carbons (Fsp3) is 0.143. The SMILES string of the molecule is COc1ccc(/C=C/C(=O)/C=C/c2nc3c(C)cccc3n2C)cc1O. The van der Waals surface area contributed by atoms with E-state index in [-0.39, 0.29) is 11.5 Å². The summed E-state index contributed by atoms with van der Waals surface area (Å²) in [6.07, 6.45) is 6.28. The van der Waals surface area contributed by atoms with Gasteiger partial charge in [-0.3, -0.25) is 4.79 Å². The molecule has 26 heavy (non-hydrogen) atoms. The number of phenols is 1. The lowest BCUT2D eigenvalue weighted by atomic mass is 10.1. The predicted octanol–water partition coefficient (Wildman–Crippen LogP) is 3.89. The van der Waals surface area contributed by atoms with Gasteiger partial charge in [-0.1, -0.05) is 24.3 Å². The lowest BCUT2D eigenvalue weighted by Crippen LogP contribution is -1.92. The summed E-state index contributed by atoms with van der Waals surface area (Å²) in [6, 6.07) is 11.0. The van der Waals surface area contributed by atoms with Gasteiger partial charge in [0.05, 0.1) is 18.1 Å². The van der Waals surface area contributed by atoms with Crippen LogP contribution in [0.15, 0.2) is 48.6 Å². The van der Waals surface area contributed by atoms with E-state index < -0.39 is 0 Å². The van der Waals surface area contributed by atoms with Crippen LogP contribution in [-0.2, 0) is 11.8 Å². The molecular weight excluding hydrogens is 328 g/mol. The first-order chi connectivity index (χ1) is 12.5. The molecule has 0 fully saturated rings. The lowest BCUT2D eigenvalue weighted by molar-refractivity contribution is -0.110. The van der Waals surface area contributed by atoms with E-state index in [0.29, 0.717) is 11.3 Å². The van der Waals surface area contributed by atoms with Crippen molar-refractivity contribution in [1.29, 1.82) is 0 Å². The van der Waals surface area contributed by atoms with Gasteiger partial charge in [0.2, 0.25) is 0 Å². The normalized spacial score (nSPS) is 11.7. The average Bonchev–Trinajstić information content (AvgIpc) is 2.96. The zero-order chi connectivity index (χ0) is 18.7. The van der Waals surface area contributed by atoms with Crippen molar-refractivity contribution in [3.8, 4) is 11.5 Å². The Hall–Kier alpha value is -3.34. The molecule has 0 radical (unpaired) electrons. The second-order valence-electron chi connectivity index (χ2n) is 5.97. The fourth-order valence-electron chi connectivity index (χ4n) is 2.72. The van der Waals surface area contributed by atoms with Crippen molar-refractivity contribution in [3.05, 3.63) is 65.5 Å². The van der Waals surface area contributed by atoms with Crippen LogP contribution in [0.2, 0.25) is 0 Å². The summed E-state index contributed by atoms with van der Waals surface area (Å²) in [7, 11) is 3.41. The Kier molecular flexibility index (Phi) is 4.89. The minimum atomic E-state index is -0.163. The standard InChI is InChI=1S/C21H20N2O3/c1-14-5-4-6-17-21(14)22-20(23(17)2)12-10-16(24)9-7-15-8-11-19(26-3)18(25)13-15/h4-13,25H,1-3H3/b9-7+,12-10+. The molecule has 1 heterocycles. The first-order valence-electron chi connectivity index (χ1n) is 8.19. The molecule has 0 bridgehead atoms. The highest BCUT2D eigenvalue weighted by molar-refractivity contribution is 6.04. The topological polar surface area (TPSA) is 64.3 Å². The lowest BCUT2D eigenvalue weighted by Gasteiger charge is -2.02. The van der Waals surface area contributed by atoms with Gasteiger partial charge < -0.3 is 14.4 Å². The third-order valence-corrected chi connectivity index (χ3v) is 4.19. The maximum atomic E-state index is 12.1. The van der Waals surface area contributed by atoms with Crippen LogP contribution in [0.25, 0.3) is 23.2 Å². The number of phenolic OH excluding ortho intramolecular Hbond substituents is 1. The van der Waals surface area contributed by atoms with E-state index >= 15 is 0 Å². The number of imidazole rings is 1. The van der Waals surface area contributed by atoms with Crippen molar-refractivity contribution in [3.63, 3.8) is 0 Å². The molecule has 0 aliphatic rings. The molecule has 1 N–H and O–H groups in total. The molecular formula is C21H20N2O3. The van der Waals surface area contributed by atoms with Gasteiger partial charge in [0.25, 0.3) is 0 Å². The van der Waals surface area contributed by atoms with E-state index in [0.717, 1.165) is 22.4 Å². The Morgan fingerprint density at radius 2 is 1.96 bits per heavy atom. The van der Waals surface area contributed by atoms with Crippen molar-refractivity contribution in [2.75, 3.05) is 7.11 Å². The molecule has 0 aliphatic heterocycles. The van der Waals surface area contributed by atoms with Crippen LogP contribution in [0, 0.1) is 6.92 Å². The number of aromatic nitrogens is 2. The number of allylic oxidation sites excluding steroid dienone is 2. The summed E-state index contributed by atoms with van der Waals surface area (Å²) in [5, 5.41) is 9.76. The summed E-state index contributed by atoms with van der Waals surface area (Å²) < 4.78 is 6.95. The van der Waals surface area contributed by atoms with Crippen molar-refractivity contribution >= 4 is 29.0 Å². The summed E-state index contributed by atoms with van der Waals surface area (Å²) in [6.45, 7) is 2.01. The molecule has 0 saturated carbocycles. The summed E-state index contributed by atoms with van der Waals surface area (Å²) >= 11 is 0. The maximum absolute atomic E-state index is 12.1. The van der Waals surface area contributed by atoms with Gasteiger partial charge in [0.1, 0.15) is 5.82 Å². The molecule has 132 valence electrons. The number of carbonyl (C=O) groups is 1. The van der Waals surface area contributed by atoms with Crippen molar-refractivity contribution in [2.24, 2.45) is 7.05 Å². The number of methoxy groups -OCH3 is 1. The van der Waals surface area contributed by atoms with Crippen LogP contribution >= 0.6 is 0 Å². The molecule has 1 aromatic heterocycles. The number of nitrogens with zero attached hydrogens (tertiary/aromatic N) is 2. The van der Waals surface area contributed by atoms with Gasteiger partial charge in [-0.05, 0) is 54.5 Å². The fourth-order valence-corrected chi connectivity index (χ4v) is 2.72. The zero-order valence-corrected chi connectivity index (χ0v) is 14.9. The number of aryl methyl sites for hydroxylation is 2. The molecule has 2 aromatic carbocycles. The number of rotatable bonds is 5. The largest absolute Gasteiger partial charge is 0.504 e. The number of ether oxygens (including phenoxy) is 1. The van der Waals surface area contributed by atoms with E-state index in [4.69, 9.17) is 4.74 Å². The van der Waals surface area contributed by atoms with E-state index in [1.54, 1.807) is 30.4 Å². The van der Waals surface area contributed by atoms with Crippen LogP contribution in [-0.4, -0.2) is 27.6 Å². The van der Waals surface area contributed by atoms with Crippen LogP contribution in [0.4, 0.5) is 0 Å². The number of carbonyl (C=O) groups excluding carboxylic acids is 1. The Balaban J connectivity index is 1.77. The number of ketones is 1. The monoisotopic (exact) mass is 348 g/mol. The number of para-hydroxylation sites is 1. The minimum Gasteiger partial charge on any atom is -0.504 e. The van der Waals surface area contributed by atoms with Gasteiger partial charge in [-0.25, -0.2) is 4.98 Å². The number of aromatic hydroxyl groups is 1. The minimum absolute atomic E-state index is 0.0349. The first-order valence-corrected chi connectivity index (χ1v) is 8.19. The quantitative estimate of drug-likeness (QED) is 0.711. The number of hydrogen-bond acceptors (Lipinski definition) is 4. The van der Waals surface area contributed by atoms with Gasteiger partial charge in [-0.15, -0.1) is 0 Å². The predicted molar refractivity (Wildman–Crippen MR) is 103 cm³/mol. The summed E-state index contributed by atoms with van der Waals surface area (Å²) in [5.41, 5.74) is 3.78. The summed E-state index contributed by atoms with van der Waals surface area (Å²) in [4.78, 5) is 16.7. The van der Waals surface area contributed by atoms with Gasteiger partial charge >= 0.3 is 0 Å². The Morgan fingerprint density at radius 3 is 2.65 bits per heavy atom. The van der Waals surface area contributed by atoms with Crippen molar-refractivity contribution in [1.82, 2.24) is 9.55 Å². The third-order valence-electron chi connectivity index (χ3n) is 4.19. The van der Waals surface area contributed by atoms with Crippen LogP contribution in [0.3, 0.4) is 0 Å². The smallest absolute Gasteiger partial charge is 0.178 e. The van der Waals surface area contributed by atoms with Crippen molar-refractivity contribution in [2.45, 2.75) is 6.92 Å². The average molecular weight is 348 g/mol. The van der Waals surface area contributed by atoms with Crippen LogP contribution < -0.4 is 4.74 Å². The molecule has 3 rings (SSSR count). The second kappa shape index (κ2) is 7.27. The van der Waals surface area contributed by atoms with Gasteiger partial charge in [0, 0.05) is 7.05 Å². The molecule has 0 unspecified atom stereocenters. The second-order valence-corrected chi connectivity index (χ2v) is 5.97. The van der Waals surface area contributed by atoms with E-state index in [1.165, 1.54) is 19.3 Å². The van der Waals surface area contributed by atoms with Crippen LogP contribution in [0.1, 0.15) is 17.0 Å². The molecule has 5 heteroatoms. The molecule has 0 amide bonds. The molecule has 0 atom stereocenters. The van der Waals surface area contributed by atoms with E-state index in [2.05, 4.69) is 4.98 Å². The Labute approximate surface area is 151 Å². The zero-order valence-electron chi connectivity index (χ0n) is 14.9. The molecule has 0 aliphatic carbocycles. The molecule has 0 saturated heterocycles. The van der Waals surface area contributed by atoms with Crippen molar-refractivity contribution < 1.29 is 14.6 Å². The number of fused-ring (bicyclic) bond motifs is 1. The first kappa shape index (κ1) is 17.5. The van der Waals surface area contributed by atoms with Gasteiger partial charge in [-0.2, -0.15) is 0 Å². The summed E-state index contributed by atoms with van der Waals surface area (Å²) in [5.74, 6) is 0.987. The molecule has 3 aromatic rings. The highest BCUT2D eigenvalue weighted by Gasteiger charge is 2.07. The van der Waals surface area contributed by atoms with Gasteiger partial charge in [0.15, 0.2) is 17.3 Å². The maximum Gasteiger partial charge on any atom is 0.178 e.